The monoisotopic (exact) mass is 246 g/mol. The summed E-state index contributed by atoms with van der Waals surface area (Å²) in [5.41, 5.74) is 13.8. The maximum atomic E-state index is 5.88. The van der Waals surface area contributed by atoms with Crippen molar-refractivity contribution in [3.8, 4) is 0 Å². The molecule has 0 amide bonds. The Morgan fingerprint density at radius 1 is 1.28 bits per heavy atom. The summed E-state index contributed by atoms with van der Waals surface area (Å²) in [5.74, 6) is 1.01. The normalized spacial score (nSPS) is 12.6. The molecule has 1 aromatic carbocycles. The van der Waals surface area contributed by atoms with Crippen molar-refractivity contribution in [2.45, 2.75) is 19.8 Å². The number of para-hydroxylation sites is 1. The van der Waals surface area contributed by atoms with E-state index in [0.29, 0.717) is 11.7 Å². The van der Waals surface area contributed by atoms with E-state index in [2.05, 4.69) is 18.0 Å². The van der Waals surface area contributed by atoms with Gasteiger partial charge in [-0.25, -0.2) is 4.99 Å². The zero-order valence-electron chi connectivity index (χ0n) is 11.4. The van der Waals surface area contributed by atoms with Gasteiger partial charge in [0.2, 0.25) is 0 Å². The van der Waals surface area contributed by atoms with Crippen molar-refractivity contribution < 1.29 is 0 Å². The number of hydrogen-bond donors (Lipinski definition) is 2. The van der Waals surface area contributed by atoms with Gasteiger partial charge in [-0.05, 0) is 18.1 Å². The Labute approximate surface area is 109 Å². The van der Waals surface area contributed by atoms with Gasteiger partial charge < -0.3 is 16.4 Å². The van der Waals surface area contributed by atoms with Gasteiger partial charge in [-0.1, -0.05) is 31.5 Å². The SMILES string of the molecule is CCCc1ccccc1N=C(N)C=C(N)N(C)C. The fourth-order valence-corrected chi connectivity index (χ4v) is 1.55. The van der Waals surface area contributed by atoms with Gasteiger partial charge in [-0.2, -0.15) is 0 Å². The second-order valence-corrected chi connectivity index (χ2v) is 4.38. The molecular weight excluding hydrogens is 224 g/mol. The van der Waals surface area contributed by atoms with Crippen LogP contribution in [0.4, 0.5) is 5.69 Å². The lowest BCUT2D eigenvalue weighted by Crippen LogP contribution is -2.21. The summed E-state index contributed by atoms with van der Waals surface area (Å²) >= 11 is 0. The number of amidine groups is 1. The van der Waals surface area contributed by atoms with Gasteiger partial charge in [-0.3, -0.25) is 0 Å². The second-order valence-electron chi connectivity index (χ2n) is 4.38. The van der Waals surface area contributed by atoms with Gasteiger partial charge in [0, 0.05) is 20.2 Å². The van der Waals surface area contributed by atoms with Crippen LogP contribution in [0.25, 0.3) is 0 Å². The predicted molar refractivity (Wildman–Crippen MR) is 77.7 cm³/mol. The molecule has 4 nitrogen and oxygen atoms in total. The van der Waals surface area contributed by atoms with Crippen molar-refractivity contribution in [2.75, 3.05) is 14.1 Å². The van der Waals surface area contributed by atoms with Crippen molar-refractivity contribution in [3.63, 3.8) is 0 Å². The number of hydrogen-bond acceptors (Lipinski definition) is 3. The van der Waals surface area contributed by atoms with Gasteiger partial charge in [-0.15, -0.1) is 0 Å². The second kappa shape index (κ2) is 6.69. The van der Waals surface area contributed by atoms with Crippen molar-refractivity contribution in [3.05, 3.63) is 41.7 Å². The molecule has 0 fully saturated rings. The van der Waals surface area contributed by atoms with E-state index in [1.807, 2.05) is 32.3 Å². The minimum absolute atomic E-state index is 0.421. The highest BCUT2D eigenvalue weighted by Crippen LogP contribution is 2.20. The molecule has 18 heavy (non-hydrogen) atoms. The third-order valence-corrected chi connectivity index (χ3v) is 2.57. The molecule has 0 aromatic heterocycles. The van der Waals surface area contributed by atoms with Crippen molar-refractivity contribution >= 4 is 11.5 Å². The van der Waals surface area contributed by atoms with Crippen molar-refractivity contribution in [2.24, 2.45) is 16.5 Å². The Kier molecular flexibility index (Phi) is 5.24. The van der Waals surface area contributed by atoms with Crippen LogP contribution in [0, 0.1) is 0 Å². The van der Waals surface area contributed by atoms with E-state index in [-0.39, 0.29) is 0 Å². The van der Waals surface area contributed by atoms with Gasteiger partial charge in [0.15, 0.2) is 0 Å². The fraction of sp³-hybridized carbons (Fsp3) is 0.357. The van der Waals surface area contributed by atoms with E-state index >= 15 is 0 Å². The number of aryl methyl sites for hydroxylation is 1. The summed E-state index contributed by atoms with van der Waals surface area (Å²) in [6.07, 6.45) is 3.75. The predicted octanol–water partition coefficient (Wildman–Crippen LogP) is 1.99. The molecule has 1 rings (SSSR count). The summed E-state index contributed by atoms with van der Waals surface area (Å²) in [4.78, 5) is 6.20. The first kappa shape index (κ1) is 14.1. The maximum absolute atomic E-state index is 5.88. The van der Waals surface area contributed by atoms with Gasteiger partial charge >= 0.3 is 0 Å². The molecule has 0 radical (unpaired) electrons. The minimum Gasteiger partial charge on any atom is -0.385 e. The quantitative estimate of drug-likeness (QED) is 0.616. The number of nitrogens with two attached hydrogens (primary N) is 2. The third kappa shape index (κ3) is 4.13. The highest BCUT2D eigenvalue weighted by molar-refractivity contribution is 5.93. The molecule has 1 aromatic rings. The first-order chi connectivity index (χ1) is 8.54. The molecule has 0 heterocycles. The van der Waals surface area contributed by atoms with E-state index in [1.165, 1.54) is 5.56 Å². The lowest BCUT2D eigenvalue weighted by atomic mass is 10.1. The summed E-state index contributed by atoms with van der Waals surface area (Å²) < 4.78 is 0. The first-order valence-electron chi connectivity index (χ1n) is 6.11. The Bertz CT molecular complexity index is 447. The molecule has 0 atom stereocenters. The number of benzene rings is 1. The average Bonchev–Trinajstić information content (AvgIpc) is 2.31. The number of aliphatic imine (C=N–C) groups is 1. The summed E-state index contributed by atoms with van der Waals surface area (Å²) in [5, 5.41) is 0. The number of rotatable bonds is 5. The van der Waals surface area contributed by atoms with Crippen LogP contribution >= 0.6 is 0 Å². The van der Waals surface area contributed by atoms with E-state index in [0.717, 1.165) is 18.5 Å². The average molecular weight is 246 g/mol. The van der Waals surface area contributed by atoms with Crippen LogP contribution in [0.5, 0.6) is 0 Å². The van der Waals surface area contributed by atoms with E-state index in [9.17, 15) is 0 Å². The highest BCUT2D eigenvalue weighted by Gasteiger charge is 2.00. The van der Waals surface area contributed by atoms with Gasteiger partial charge in [0.1, 0.15) is 11.7 Å². The Morgan fingerprint density at radius 3 is 2.56 bits per heavy atom. The summed E-state index contributed by atoms with van der Waals surface area (Å²) in [6, 6.07) is 8.03. The van der Waals surface area contributed by atoms with Crippen molar-refractivity contribution in [1.29, 1.82) is 0 Å². The van der Waals surface area contributed by atoms with Crippen LogP contribution in [-0.2, 0) is 6.42 Å². The molecular formula is C14H22N4. The topological polar surface area (TPSA) is 67.6 Å². The lowest BCUT2D eigenvalue weighted by Gasteiger charge is -2.11. The maximum Gasteiger partial charge on any atom is 0.127 e. The van der Waals surface area contributed by atoms with Crippen LogP contribution < -0.4 is 11.5 Å². The highest BCUT2D eigenvalue weighted by atomic mass is 15.1. The lowest BCUT2D eigenvalue weighted by molar-refractivity contribution is 0.506. The standard InChI is InChI=1S/C14H22N4/c1-4-7-11-8-5-6-9-12(11)17-13(15)10-14(16)18(2)3/h5-6,8-10H,4,7,16H2,1-3H3,(H2,15,17). The smallest absolute Gasteiger partial charge is 0.127 e. The van der Waals surface area contributed by atoms with Crippen LogP contribution in [0.2, 0.25) is 0 Å². The molecule has 4 N–H and O–H groups in total. The molecule has 0 aliphatic rings. The molecule has 98 valence electrons. The summed E-state index contributed by atoms with van der Waals surface area (Å²) in [6.45, 7) is 2.15. The van der Waals surface area contributed by atoms with Crippen LogP contribution in [-0.4, -0.2) is 24.8 Å². The molecule has 0 bridgehead atoms. The van der Waals surface area contributed by atoms with E-state index in [4.69, 9.17) is 11.5 Å². The zero-order valence-corrected chi connectivity index (χ0v) is 11.4. The molecule has 0 spiro atoms. The molecule has 0 aliphatic carbocycles. The Hall–Kier alpha value is -1.97. The Morgan fingerprint density at radius 2 is 1.94 bits per heavy atom. The molecule has 0 unspecified atom stereocenters. The minimum atomic E-state index is 0.421. The van der Waals surface area contributed by atoms with Crippen LogP contribution in [0.15, 0.2) is 41.2 Å². The van der Waals surface area contributed by atoms with E-state index in [1.54, 1.807) is 11.0 Å². The molecule has 0 aliphatic heterocycles. The van der Waals surface area contributed by atoms with E-state index < -0.39 is 0 Å². The van der Waals surface area contributed by atoms with Crippen LogP contribution in [0.1, 0.15) is 18.9 Å². The fourth-order valence-electron chi connectivity index (χ4n) is 1.55. The molecule has 0 saturated heterocycles. The third-order valence-electron chi connectivity index (χ3n) is 2.57. The Balaban J connectivity index is 2.98. The van der Waals surface area contributed by atoms with Crippen LogP contribution in [0.3, 0.4) is 0 Å². The zero-order chi connectivity index (χ0) is 13.5. The summed E-state index contributed by atoms with van der Waals surface area (Å²) in [7, 11) is 3.73. The molecule has 0 saturated carbocycles. The first-order valence-corrected chi connectivity index (χ1v) is 6.11. The van der Waals surface area contributed by atoms with Gasteiger partial charge in [0.05, 0.1) is 5.69 Å². The molecule has 4 heteroatoms. The van der Waals surface area contributed by atoms with Gasteiger partial charge in [0.25, 0.3) is 0 Å². The van der Waals surface area contributed by atoms with Crippen molar-refractivity contribution in [1.82, 2.24) is 4.90 Å². The largest absolute Gasteiger partial charge is 0.385 e. The number of nitrogens with zero attached hydrogens (tertiary/aromatic N) is 2.